The molecular weight excluding hydrogens is 218 g/mol. The Kier molecular flexibility index (Phi) is 1.94. The van der Waals surface area contributed by atoms with Crippen molar-refractivity contribution in [2.45, 2.75) is 18.6 Å². The summed E-state index contributed by atoms with van der Waals surface area (Å²) in [6.45, 7) is 0. The first-order valence-electron chi connectivity index (χ1n) is 3.90. The Morgan fingerprint density at radius 3 is 3.00 bits per heavy atom. The van der Waals surface area contributed by atoms with Crippen LogP contribution in [0.1, 0.15) is 17.2 Å². The van der Waals surface area contributed by atoms with Gasteiger partial charge in [0.05, 0.1) is 6.10 Å². The number of fused-ring (bicyclic) bond motifs is 1. The molecule has 2 atom stereocenters. The highest BCUT2D eigenvalue weighted by Gasteiger charge is 2.27. The van der Waals surface area contributed by atoms with Gasteiger partial charge < -0.3 is 10.8 Å². The molecule has 2 rings (SSSR count). The van der Waals surface area contributed by atoms with E-state index in [1.807, 2.05) is 18.2 Å². The lowest BCUT2D eigenvalue weighted by atomic mass is 10.1. The third-order valence-corrected chi connectivity index (χ3v) is 2.78. The Morgan fingerprint density at radius 2 is 2.25 bits per heavy atom. The topological polar surface area (TPSA) is 46.2 Å². The van der Waals surface area contributed by atoms with Crippen LogP contribution in [0.25, 0.3) is 0 Å². The van der Waals surface area contributed by atoms with E-state index in [1.165, 1.54) is 0 Å². The Labute approximate surface area is 79.5 Å². The summed E-state index contributed by atoms with van der Waals surface area (Å²) in [7, 11) is 0. The first-order chi connectivity index (χ1) is 5.68. The maximum absolute atomic E-state index is 9.60. The van der Waals surface area contributed by atoms with Crippen molar-refractivity contribution in [1.82, 2.24) is 0 Å². The summed E-state index contributed by atoms with van der Waals surface area (Å²) in [4.78, 5) is 0. The summed E-state index contributed by atoms with van der Waals surface area (Å²) in [6, 6.07) is 5.75. The van der Waals surface area contributed by atoms with Gasteiger partial charge in [0.25, 0.3) is 0 Å². The predicted octanol–water partition coefficient (Wildman–Crippen LogP) is 1.37. The molecule has 0 saturated carbocycles. The number of hydrogen-bond acceptors (Lipinski definition) is 2. The van der Waals surface area contributed by atoms with Crippen molar-refractivity contribution in [3.8, 4) is 0 Å². The molecule has 0 fully saturated rings. The van der Waals surface area contributed by atoms with Gasteiger partial charge in [0.1, 0.15) is 0 Å². The second-order valence-corrected chi connectivity index (χ2v) is 4.07. The Morgan fingerprint density at radius 1 is 1.50 bits per heavy atom. The molecule has 1 aromatic rings. The molecule has 2 nitrogen and oxygen atoms in total. The van der Waals surface area contributed by atoms with Crippen molar-refractivity contribution in [3.05, 3.63) is 33.8 Å². The van der Waals surface area contributed by atoms with Crippen LogP contribution in [-0.4, -0.2) is 11.1 Å². The number of hydrogen-bond donors (Lipinski definition) is 2. The zero-order chi connectivity index (χ0) is 8.72. The van der Waals surface area contributed by atoms with E-state index in [-0.39, 0.29) is 6.04 Å². The van der Waals surface area contributed by atoms with Crippen molar-refractivity contribution >= 4 is 15.9 Å². The zero-order valence-electron chi connectivity index (χ0n) is 6.50. The maximum Gasteiger partial charge on any atom is 0.0946 e. The van der Waals surface area contributed by atoms with Gasteiger partial charge in [-0.1, -0.05) is 22.0 Å². The van der Waals surface area contributed by atoms with Crippen LogP contribution in [0, 0.1) is 0 Å². The Hall–Kier alpha value is -0.380. The van der Waals surface area contributed by atoms with Crippen LogP contribution in [0.5, 0.6) is 0 Å². The second kappa shape index (κ2) is 2.83. The average Bonchev–Trinajstić information content (AvgIpc) is 2.28. The summed E-state index contributed by atoms with van der Waals surface area (Å²) < 4.78 is 1.04. The van der Waals surface area contributed by atoms with Crippen LogP contribution in [0.15, 0.2) is 22.7 Å². The Balaban J connectivity index is 2.47. The molecule has 0 unspecified atom stereocenters. The fourth-order valence-corrected chi connectivity index (χ4v) is 2.04. The molecule has 0 bridgehead atoms. The molecule has 0 aromatic heterocycles. The zero-order valence-corrected chi connectivity index (χ0v) is 8.08. The van der Waals surface area contributed by atoms with Crippen molar-refractivity contribution < 1.29 is 5.11 Å². The average molecular weight is 228 g/mol. The molecule has 0 amide bonds. The van der Waals surface area contributed by atoms with E-state index in [1.54, 1.807) is 0 Å². The second-order valence-electron chi connectivity index (χ2n) is 3.16. The van der Waals surface area contributed by atoms with E-state index >= 15 is 0 Å². The fraction of sp³-hybridized carbons (Fsp3) is 0.333. The summed E-state index contributed by atoms with van der Waals surface area (Å²) in [5, 5.41) is 9.60. The Bertz CT molecular complexity index is 313. The lowest BCUT2D eigenvalue weighted by Gasteiger charge is -2.07. The standard InChI is InChI=1S/C9H10BrNO/c10-6-1-2-7-5(3-6)4-8(11)9(7)12/h1-3,8-9,12H,4,11H2/t8-,9+/m1/s1. The van der Waals surface area contributed by atoms with E-state index in [9.17, 15) is 5.11 Å². The van der Waals surface area contributed by atoms with E-state index in [0.29, 0.717) is 0 Å². The summed E-state index contributed by atoms with van der Waals surface area (Å²) in [5.41, 5.74) is 7.85. The number of aliphatic hydroxyl groups is 1. The molecule has 0 radical (unpaired) electrons. The fourth-order valence-electron chi connectivity index (χ4n) is 1.64. The molecule has 0 aliphatic heterocycles. The van der Waals surface area contributed by atoms with E-state index in [4.69, 9.17) is 5.73 Å². The van der Waals surface area contributed by atoms with E-state index in [2.05, 4.69) is 15.9 Å². The normalized spacial score (nSPS) is 27.2. The minimum absolute atomic E-state index is 0.130. The third kappa shape index (κ3) is 1.18. The van der Waals surface area contributed by atoms with E-state index < -0.39 is 6.10 Å². The quantitative estimate of drug-likeness (QED) is 0.704. The van der Waals surface area contributed by atoms with Gasteiger partial charge in [0.2, 0.25) is 0 Å². The molecular formula is C9H10BrNO. The van der Waals surface area contributed by atoms with Crippen molar-refractivity contribution in [2.24, 2.45) is 5.73 Å². The molecule has 12 heavy (non-hydrogen) atoms. The van der Waals surface area contributed by atoms with Gasteiger partial charge in [-0.05, 0) is 29.7 Å². The summed E-state index contributed by atoms with van der Waals surface area (Å²) >= 11 is 3.38. The van der Waals surface area contributed by atoms with Crippen molar-refractivity contribution in [1.29, 1.82) is 0 Å². The molecule has 64 valence electrons. The highest BCUT2D eigenvalue weighted by molar-refractivity contribution is 9.10. The van der Waals surface area contributed by atoms with E-state index in [0.717, 1.165) is 22.0 Å². The molecule has 0 spiro atoms. The smallest absolute Gasteiger partial charge is 0.0946 e. The van der Waals surface area contributed by atoms with Crippen LogP contribution in [-0.2, 0) is 6.42 Å². The molecule has 1 aliphatic rings. The number of benzene rings is 1. The van der Waals surface area contributed by atoms with Crippen LogP contribution >= 0.6 is 15.9 Å². The lowest BCUT2D eigenvalue weighted by molar-refractivity contribution is 0.159. The van der Waals surface area contributed by atoms with Crippen LogP contribution in [0.2, 0.25) is 0 Å². The predicted molar refractivity (Wildman–Crippen MR) is 50.8 cm³/mol. The molecule has 0 saturated heterocycles. The maximum atomic E-state index is 9.60. The highest BCUT2D eigenvalue weighted by atomic mass is 79.9. The van der Waals surface area contributed by atoms with Gasteiger partial charge in [-0.2, -0.15) is 0 Å². The first kappa shape index (κ1) is 8.23. The molecule has 1 aliphatic carbocycles. The number of aliphatic hydroxyl groups excluding tert-OH is 1. The number of rotatable bonds is 0. The largest absolute Gasteiger partial charge is 0.387 e. The van der Waals surface area contributed by atoms with Gasteiger partial charge in [-0.15, -0.1) is 0 Å². The molecule has 1 aromatic carbocycles. The number of nitrogens with two attached hydrogens (primary N) is 1. The van der Waals surface area contributed by atoms with Crippen molar-refractivity contribution in [2.75, 3.05) is 0 Å². The van der Waals surface area contributed by atoms with Gasteiger partial charge in [-0.3, -0.25) is 0 Å². The van der Waals surface area contributed by atoms with Gasteiger partial charge in [0.15, 0.2) is 0 Å². The minimum atomic E-state index is -0.479. The third-order valence-electron chi connectivity index (χ3n) is 2.28. The first-order valence-corrected chi connectivity index (χ1v) is 4.70. The summed E-state index contributed by atoms with van der Waals surface area (Å²) in [5.74, 6) is 0. The molecule has 3 N–H and O–H groups in total. The van der Waals surface area contributed by atoms with Gasteiger partial charge >= 0.3 is 0 Å². The molecule has 3 heteroatoms. The SMILES string of the molecule is N[C@@H]1Cc2cc(Br)ccc2[C@@H]1O. The number of halogens is 1. The minimum Gasteiger partial charge on any atom is -0.387 e. The van der Waals surface area contributed by atoms with Crippen LogP contribution in [0.4, 0.5) is 0 Å². The van der Waals surface area contributed by atoms with Crippen LogP contribution < -0.4 is 5.73 Å². The molecule has 0 heterocycles. The monoisotopic (exact) mass is 227 g/mol. The lowest BCUT2D eigenvalue weighted by Crippen LogP contribution is -2.24. The highest BCUT2D eigenvalue weighted by Crippen LogP contribution is 2.31. The van der Waals surface area contributed by atoms with Gasteiger partial charge in [0, 0.05) is 10.5 Å². The van der Waals surface area contributed by atoms with Gasteiger partial charge in [-0.25, -0.2) is 0 Å². The van der Waals surface area contributed by atoms with Crippen LogP contribution in [0.3, 0.4) is 0 Å². The van der Waals surface area contributed by atoms with Crippen molar-refractivity contribution in [3.63, 3.8) is 0 Å². The summed E-state index contributed by atoms with van der Waals surface area (Å²) in [6.07, 6.45) is 0.295.